The van der Waals surface area contributed by atoms with Gasteiger partial charge in [-0.1, -0.05) is 0 Å². The van der Waals surface area contributed by atoms with Crippen molar-refractivity contribution in [3.8, 4) is 11.5 Å². The Morgan fingerprint density at radius 2 is 2.13 bits per heavy atom. The highest BCUT2D eigenvalue weighted by Gasteiger charge is 2.37. The zero-order valence-corrected chi connectivity index (χ0v) is 13.0. The minimum Gasteiger partial charge on any atom is -0.504 e. The number of carbonyl (C=O) groups is 2. The molecule has 1 fully saturated rings. The Morgan fingerprint density at radius 3 is 2.70 bits per heavy atom. The summed E-state index contributed by atoms with van der Waals surface area (Å²) in [6, 6.07) is 2.12. The standard InChI is InChI=1S/C15H20N2O6/c1-8(19)23-10-3-9(7-18)17(6-10)15(21)11-4-14(22-2)13(20)5-12(11)16/h4-5,9-10,18,20H,3,6-7,16H2,1-2H3/t9?,10-/m1/s1. The summed E-state index contributed by atoms with van der Waals surface area (Å²) in [5.41, 5.74) is 6.06. The number of amides is 1. The van der Waals surface area contributed by atoms with Gasteiger partial charge < -0.3 is 30.3 Å². The molecule has 1 aliphatic heterocycles. The molecule has 1 aliphatic rings. The van der Waals surface area contributed by atoms with Gasteiger partial charge in [0.05, 0.1) is 31.9 Å². The number of methoxy groups -OCH3 is 1. The predicted octanol–water partition coefficient (Wildman–Crippen LogP) is 0.121. The molecule has 1 heterocycles. The predicted molar refractivity (Wildman–Crippen MR) is 81.2 cm³/mol. The fourth-order valence-electron chi connectivity index (χ4n) is 2.70. The Bertz CT molecular complexity index is 618. The van der Waals surface area contributed by atoms with E-state index in [9.17, 15) is 19.8 Å². The van der Waals surface area contributed by atoms with E-state index in [1.807, 2.05) is 0 Å². The van der Waals surface area contributed by atoms with Crippen molar-refractivity contribution in [1.82, 2.24) is 4.90 Å². The third-order valence-corrected chi connectivity index (χ3v) is 3.76. The summed E-state index contributed by atoms with van der Waals surface area (Å²) in [5, 5.41) is 19.1. The van der Waals surface area contributed by atoms with E-state index in [0.29, 0.717) is 6.42 Å². The Kier molecular flexibility index (Phi) is 4.95. The van der Waals surface area contributed by atoms with Gasteiger partial charge in [-0.3, -0.25) is 9.59 Å². The number of ether oxygens (including phenoxy) is 2. The SMILES string of the molecule is COc1cc(C(=O)N2C[C@H](OC(C)=O)CC2CO)c(N)cc1O. The Morgan fingerprint density at radius 1 is 1.43 bits per heavy atom. The molecular formula is C15H20N2O6. The van der Waals surface area contributed by atoms with Gasteiger partial charge in [-0.05, 0) is 6.07 Å². The van der Waals surface area contributed by atoms with Crippen molar-refractivity contribution < 1.29 is 29.3 Å². The lowest BCUT2D eigenvalue weighted by Crippen LogP contribution is -2.38. The van der Waals surface area contributed by atoms with Crippen LogP contribution in [0.1, 0.15) is 23.7 Å². The van der Waals surface area contributed by atoms with E-state index in [0.717, 1.165) is 0 Å². The van der Waals surface area contributed by atoms with Crippen molar-refractivity contribution in [2.45, 2.75) is 25.5 Å². The smallest absolute Gasteiger partial charge is 0.302 e. The van der Waals surface area contributed by atoms with E-state index in [1.54, 1.807) is 0 Å². The van der Waals surface area contributed by atoms with Gasteiger partial charge in [0.2, 0.25) is 0 Å². The number of phenolic OH excluding ortho intramolecular Hbond substituents is 1. The highest BCUT2D eigenvalue weighted by Crippen LogP contribution is 2.33. The van der Waals surface area contributed by atoms with Crippen molar-refractivity contribution >= 4 is 17.6 Å². The number of hydrogen-bond donors (Lipinski definition) is 3. The van der Waals surface area contributed by atoms with E-state index in [-0.39, 0.29) is 35.9 Å². The summed E-state index contributed by atoms with van der Waals surface area (Å²) in [6.45, 7) is 1.21. The molecule has 1 aromatic carbocycles. The van der Waals surface area contributed by atoms with E-state index in [1.165, 1.54) is 31.1 Å². The molecule has 23 heavy (non-hydrogen) atoms. The van der Waals surface area contributed by atoms with Crippen LogP contribution >= 0.6 is 0 Å². The maximum Gasteiger partial charge on any atom is 0.302 e. The van der Waals surface area contributed by atoms with Gasteiger partial charge in [0, 0.05) is 25.1 Å². The van der Waals surface area contributed by atoms with Crippen LogP contribution in [-0.4, -0.2) is 59.4 Å². The van der Waals surface area contributed by atoms with Crippen LogP contribution in [-0.2, 0) is 9.53 Å². The van der Waals surface area contributed by atoms with Crippen LogP contribution in [0.3, 0.4) is 0 Å². The molecular weight excluding hydrogens is 304 g/mol. The Hall–Kier alpha value is -2.48. The second kappa shape index (κ2) is 6.74. The maximum atomic E-state index is 12.7. The average molecular weight is 324 g/mol. The molecule has 0 aliphatic carbocycles. The number of nitrogens with two attached hydrogens (primary N) is 1. The Labute approximate surface area is 133 Å². The number of nitrogen functional groups attached to an aromatic ring is 1. The number of aromatic hydroxyl groups is 1. The monoisotopic (exact) mass is 324 g/mol. The minimum atomic E-state index is -0.467. The molecule has 2 rings (SSSR count). The van der Waals surface area contributed by atoms with Gasteiger partial charge in [-0.15, -0.1) is 0 Å². The number of likely N-dealkylation sites (tertiary alicyclic amines) is 1. The number of anilines is 1. The third-order valence-electron chi connectivity index (χ3n) is 3.76. The van der Waals surface area contributed by atoms with Gasteiger partial charge in [0.1, 0.15) is 6.10 Å². The Balaban J connectivity index is 2.27. The molecule has 2 atom stereocenters. The van der Waals surface area contributed by atoms with Gasteiger partial charge in [-0.2, -0.15) is 0 Å². The van der Waals surface area contributed by atoms with Crippen molar-refractivity contribution in [2.75, 3.05) is 26.0 Å². The molecule has 8 nitrogen and oxygen atoms in total. The maximum absolute atomic E-state index is 12.7. The van der Waals surface area contributed by atoms with Crippen molar-refractivity contribution in [3.05, 3.63) is 17.7 Å². The lowest BCUT2D eigenvalue weighted by Gasteiger charge is -2.23. The largest absolute Gasteiger partial charge is 0.504 e. The number of phenols is 1. The highest BCUT2D eigenvalue weighted by atomic mass is 16.5. The molecule has 0 saturated carbocycles. The zero-order chi connectivity index (χ0) is 17.1. The van der Waals surface area contributed by atoms with Crippen LogP contribution in [0.15, 0.2) is 12.1 Å². The first-order valence-electron chi connectivity index (χ1n) is 7.12. The molecule has 0 bridgehead atoms. The van der Waals surface area contributed by atoms with Crippen LogP contribution in [0.2, 0.25) is 0 Å². The third kappa shape index (κ3) is 3.48. The number of rotatable bonds is 4. The fourth-order valence-corrected chi connectivity index (χ4v) is 2.70. The van der Waals surface area contributed by atoms with Gasteiger partial charge in [0.15, 0.2) is 11.5 Å². The number of esters is 1. The molecule has 1 amide bonds. The highest BCUT2D eigenvalue weighted by molar-refractivity contribution is 6.00. The number of nitrogens with zero attached hydrogens (tertiary/aromatic N) is 1. The number of carbonyl (C=O) groups excluding carboxylic acids is 2. The molecule has 0 radical (unpaired) electrons. The zero-order valence-electron chi connectivity index (χ0n) is 13.0. The van der Waals surface area contributed by atoms with Crippen molar-refractivity contribution in [2.24, 2.45) is 0 Å². The topological polar surface area (TPSA) is 122 Å². The quantitative estimate of drug-likeness (QED) is 0.531. The van der Waals surface area contributed by atoms with Crippen LogP contribution < -0.4 is 10.5 Å². The van der Waals surface area contributed by atoms with E-state index in [2.05, 4.69) is 0 Å². The number of benzene rings is 1. The van der Waals surface area contributed by atoms with Crippen LogP contribution in [0, 0.1) is 0 Å². The second-order valence-corrected chi connectivity index (χ2v) is 5.37. The van der Waals surface area contributed by atoms with Crippen LogP contribution in [0.4, 0.5) is 5.69 Å². The lowest BCUT2D eigenvalue weighted by atomic mass is 10.1. The lowest BCUT2D eigenvalue weighted by molar-refractivity contribution is -0.145. The number of hydrogen-bond acceptors (Lipinski definition) is 7. The minimum absolute atomic E-state index is 0.0981. The summed E-state index contributed by atoms with van der Waals surface area (Å²) in [6.07, 6.45) is -0.106. The molecule has 4 N–H and O–H groups in total. The summed E-state index contributed by atoms with van der Waals surface area (Å²) < 4.78 is 10.1. The number of aliphatic hydroxyl groups is 1. The molecule has 0 spiro atoms. The van der Waals surface area contributed by atoms with Crippen LogP contribution in [0.5, 0.6) is 11.5 Å². The second-order valence-electron chi connectivity index (χ2n) is 5.37. The normalized spacial score (nSPS) is 20.4. The average Bonchev–Trinajstić information content (AvgIpc) is 2.89. The molecule has 126 valence electrons. The van der Waals surface area contributed by atoms with Gasteiger partial charge in [-0.25, -0.2) is 0 Å². The molecule has 1 saturated heterocycles. The van der Waals surface area contributed by atoms with E-state index >= 15 is 0 Å². The summed E-state index contributed by atoms with van der Waals surface area (Å²) in [5.74, 6) is -0.903. The summed E-state index contributed by atoms with van der Waals surface area (Å²) >= 11 is 0. The first-order chi connectivity index (χ1) is 10.9. The summed E-state index contributed by atoms with van der Waals surface area (Å²) in [7, 11) is 1.36. The first-order valence-corrected chi connectivity index (χ1v) is 7.12. The van der Waals surface area contributed by atoms with E-state index < -0.39 is 24.0 Å². The van der Waals surface area contributed by atoms with Crippen LogP contribution in [0.25, 0.3) is 0 Å². The molecule has 8 heteroatoms. The first kappa shape index (κ1) is 16.9. The fraction of sp³-hybridized carbons (Fsp3) is 0.467. The van der Waals surface area contributed by atoms with Gasteiger partial charge in [0.25, 0.3) is 5.91 Å². The molecule has 1 aromatic rings. The number of aliphatic hydroxyl groups excluding tert-OH is 1. The van der Waals surface area contributed by atoms with E-state index in [4.69, 9.17) is 15.2 Å². The molecule has 1 unspecified atom stereocenters. The van der Waals surface area contributed by atoms with Gasteiger partial charge >= 0.3 is 5.97 Å². The van der Waals surface area contributed by atoms with Crippen molar-refractivity contribution in [1.29, 1.82) is 0 Å². The summed E-state index contributed by atoms with van der Waals surface area (Å²) in [4.78, 5) is 25.2. The van der Waals surface area contributed by atoms with Crippen molar-refractivity contribution in [3.63, 3.8) is 0 Å². The molecule has 0 aromatic heterocycles.